The Bertz CT molecular complexity index is 564. The summed E-state index contributed by atoms with van der Waals surface area (Å²) in [7, 11) is -3.64. The molecule has 22 heavy (non-hydrogen) atoms. The minimum atomic E-state index is -3.64. The van der Waals surface area contributed by atoms with Gasteiger partial charge in [0.1, 0.15) is 12.4 Å². The van der Waals surface area contributed by atoms with Crippen LogP contribution in [0, 0.1) is 5.92 Å². The molecule has 2 rings (SSSR count). The van der Waals surface area contributed by atoms with Crippen molar-refractivity contribution >= 4 is 10.0 Å². The molecule has 0 saturated carbocycles. The first-order chi connectivity index (χ1) is 10.4. The Morgan fingerprint density at radius 2 is 1.86 bits per heavy atom. The van der Waals surface area contributed by atoms with E-state index < -0.39 is 10.0 Å². The van der Waals surface area contributed by atoms with Crippen LogP contribution in [0.2, 0.25) is 0 Å². The number of hydrogen-bond acceptors (Lipinski definition) is 5. The molecule has 7 heteroatoms. The van der Waals surface area contributed by atoms with Gasteiger partial charge in [0.15, 0.2) is 0 Å². The molecule has 1 aliphatic rings. The maximum atomic E-state index is 11.2. The molecule has 1 aromatic rings. The molecule has 1 heterocycles. The van der Waals surface area contributed by atoms with E-state index in [0.717, 1.165) is 32.5 Å². The molecule has 1 saturated heterocycles. The topological polar surface area (TPSA) is 98.6 Å². The third-order valence-corrected chi connectivity index (χ3v) is 5.13. The third-order valence-electron chi connectivity index (χ3n) is 4.20. The van der Waals surface area contributed by atoms with Crippen LogP contribution in [0.3, 0.4) is 0 Å². The Balaban J connectivity index is 1.73. The van der Waals surface area contributed by atoms with Crippen molar-refractivity contribution in [2.24, 2.45) is 16.8 Å². The van der Waals surface area contributed by atoms with E-state index in [9.17, 15) is 8.42 Å². The molecule has 0 spiro atoms. The predicted molar refractivity (Wildman–Crippen MR) is 86.1 cm³/mol. The van der Waals surface area contributed by atoms with Crippen LogP contribution in [0.5, 0.6) is 5.75 Å². The predicted octanol–water partition coefficient (Wildman–Crippen LogP) is 0.772. The molecule has 1 aliphatic heterocycles. The van der Waals surface area contributed by atoms with Gasteiger partial charge in [0.2, 0.25) is 10.0 Å². The molecule has 4 N–H and O–H groups in total. The van der Waals surface area contributed by atoms with Gasteiger partial charge >= 0.3 is 0 Å². The largest absolute Gasteiger partial charge is 0.492 e. The van der Waals surface area contributed by atoms with Gasteiger partial charge in [-0.1, -0.05) is 0 Å². The average Bonchev–Trinajstić information content (AvgIpc) is 2.47. The van der Waals surface area contributed by atoms with E-state index in [4.69, 9.17) is 15.6 Å². The van der Waals surface area contributed by atoms with Gasteiger partial charge in [-0.25, -0.2) is 13.6 Å². The van der Waals surface area contributed by atoms with Crippen LogP contribution in [-0.2, 0) is 10.0 Å². The Labute approximate surface area is 132 Å². The van der Waals surface area contributed by atoms with Crippen molar-refractivity contribution in [2.75, 3.05) is 26.2 Å². The third kappa shape index (κ3) is 4.95. The lowest BCUT2D eigenvalue weighted by molar-refractivity contribution is 0.147. The minimum Gasteiger partial charge on any atom is -0.492 e. The van der Waals surface area contributed by atoms with Gasteiger partial charge in [0, 0.05) is 12.6 Å². The second-order valence-corrected chi connectivity index (χ2v) is 7.46. The monoisotopic (exact) mass is 327 g/mol. The summed E-state index contributed by atoms with van der Waals surface area (Å²) >= 11 is 0. The highest BCUT2D eigenvalue weighted by molar-refractivity contribution is 7.89. The molecule has 0 radical (unpaired) electrons. The number of hydrogen-bond donors (Lipinski definition) is 2. The zero-order valence-corrected chi connectivity index (χ0v) is 13.8. The summed E-state index contributed by atoms with van der Waals surface area (Å²) in [5.41, 5.74) is 5.94. The standard InChI is InChI=1S/C15H25N3O3S/c1-12(16)13-6-8-18(9-7-13)10-11-21-14-2-4-15(5-3-14)22(17,19)20/h2-5,12-13H,6-11,16H2,1H3,(H2,17,19,20). The van der Waals surface area contributed by atoms with E-state index in [1.54, 1.807) is 12.1 Å². The molecule has 0 aliphatic carbocycles. The number of likely N-dealkylation sites (tertiary alicyclic amines) is 1. The van der Waals surface area contributed by atoms with Crippen LogP contribution >= 0.6 is 0 Å². The lowest BCUT2D eigenvalue weighted by Crippen LogP contribution is -2.41. The van der Waals surface area contributed by atoms with Crippen molar-refractivity contribution < 1.29 is 13.2 Å². The Hall–Kier alpha value is -1.15. The van der Waals surface area contributed by atoms with Crippen molar-refractivity contribution in [2.45, 2.75) is 30.7 Å². The maximum absolute atomic E-state index is 11.2. The Kier molecular flexibility index (Phi) is 5.80. The zero-order chi connectivity index (χ0) is 16.2. The van der Waals surface area contributed by atoms with Crippen molar-refractivity contribution in [3.63, 3.8) is 0 Å². The summed E-state index contributed by atoms with van der Waals surface area (Å²) in [6, 6.07) is 6.44. The van der Waals surface area contributed by atoms with E-state index in [2.05, 4.69) is 11.8 Å². The molecule has 1 atom stereocenters. The quantitative estimate of drug-likeness (QED) is 0.804. The number of nitrogens with two attached hydrogens (primary N) is 2. The molecule has 1 fully saturated rings. The first-order valence-corrected chi connectivity index (χ1v) is 9.14. The lowest BCUT2D eigenvalue weighted by Gasteiger charge is -2.33. The van der Waals surface area contributed by atoms with Gasteiger partial charge in [-0.2, -0.15) is 0 Å². The summed E-state index contributed by atoms with van der Waals surface area (Å²) < 4.78 is 28.0. The number of ether oxygens (including phenoxy) is 1. The molecule has 124 valence electrons. The molecule has 0 aromatic heterocycles. The fourth-order valence-corrected chi connectivity index (χ4v) is 3.24. The normalized spacial score (nSPS) is 19.0. The molecule has 1 aromatic carbocycles. The van der Waals surface area contributed by atoms with E-state index in [1.807, 2.05) is 0 Å². The van der Waals surface area contributed by atoms with E-state index in [0.29, 0.717) is 18.3 Å². The summed E-state index contributed by atoms with van der Waals surface area (Å²) in [6.07, 6.45) is 2.28. The zero-order valence-electron chi connectivity index (χ0n) is 12.9. The highest BCUT2D eigenvalue weighted by Gasteiger charge is 2.21. The van der Waals surface area contributed by atoms with Crippen LogP contribution < -0.4 is 15.6 Å². The first-order valence-electron chi connectivity index (χ1n) is 7.60. The molecular weight excluding hydrogens is 302 g/mol. The van der Waals surface area contributed by atoms with Gasteiger partial charge < -0.3 is 10.5 Å². The van der Waals surface area contributed by atoms with Crippen molar-refractivity contribution in [1.29, 1.82) is 0 Å². The van der Waals surface area contributed by atoms with Gasteiger partial charge in [0.25, 0.3) is 0 Å². The number of benzene rings is 1. The SMILES string of the molecule is CC(N)C1CCN(CCOc2ccc(S(N)(=O)=O)cc2)CC1. The average molecular weight is 327 g/mol. The molecular formula is C15H25N3O3S. The van der Waals surface area contributed by atoms with Gasteiger partial charge in [0.05, 0.1) is 4.90 Å². The first kappa shape index (κ1) is 17.2. The Morgan fingerprint density at radius 3 is 2.36 bits per heavy atom. The van der Waals surface area contributed by atoms with Gasteiger partial charge in [-0.3, -0.25) is 4.90 Å². The van der Waals surface area contributed by atoms with Crippen molar-refractivity contribution in [3.05, 3.63) is 24.3 Å². The lowest BCUT2D eigenvalue weighted by atomic mass is 9.91. The van der Waals surface area contributed by atoms with E-state index in [-0.39, 0.29) is 10.9 Å². The smallest absolute Gasteiger partial charge is 0.238 e. The summed E-state index contributed by atoms with van der Waals surface area (Å²) in [5, 5.41) is 5.05. The van der Waals surface area contributed by atoms with Crippen LogP contribution in [0.15, 0.2) is 29.2 Å². The fourth-order valence-electron chi connectivity index (χ4n) is 2.72. The van der Waals surface area contributed by atoms with E-state index in [1.165, 1.54) is 12.1 Å². The van der Waals surface area contributed by atoms with Gasteiger partial charge in [-0.05, 0) is 63.0 Å². The van der Waals surface area contributed by atoms with Crippen LogP contribution in [0.25, 0.3) is 0 Å². The second-order valence-electron chi connectivity index (χ2n) is 5.90. The number of sulfonamides is 1. The van der Waals surface area contributed by atoms with Crippen molar-refractivity contribution in [3.8, 4) is 5.75 Å². The highest BCUT2D eigenvalue weighted by Crippen LogP contribution is 2.19. The maximum Gasteiger partial charge on any atom is 0.238 e. The van der Waals surface area contributed by atoms with Crippen LogP contribution in [0.1, 0.15) is 19.8 Å². The summed E-state index contributed by atoms with van der Waals surface area (Å²) in [5.74, 6) is 1.28. The number of nitrogens with zero attached hydrogens (tertiary/aromatic N) is 1. The van der Waals surface area contributed by atoms with Gasteiger partial charge in [-0.15, -0.1) is 0 Å². The molecule has 0 amide bonds. The highest BCUT2D eigenvalue weighted by atomic mass is 32.2. The number of rotatable bonds is 6. The van der Waals surface area contributed by atoms with Crippen LogP contribution in [0.4, 0.5) is 0 Å². The number of piperidine rings is 1. The Morgan fingerprint density at radius 1 is 1.27 bits per heavy atom. The molecule has 0 bridgehead atoms. The van der Waals surface area contributed by atoms with E-state index >= 15 is 0 Å². The minimum absolute atomic E-state index is 0.0952. The van der Waals surface area contributed by atoms with Crippen molar-refractivity contribution in [1.82, 2.24) is 4.90 Å². The van der Waals surface area contributed by atoms with Crippen LogP contribution in [-0.4, -0.2) is 45.6 Å². The second kappa shape index (κ2) is 7.41. The molecule has 6 nitrogen and oxygen atoms in total. The summed E-state index contributed by atoms with van der Waals surface area (Å²) in [6.45, 7) is 5.63. The molecule has 1 unspecified atom stereocenters. The fraction of sp³-hybridized carbons (Fsp3) is 0.600. The summed E-state index contributed by atoms with van der Waals surface area (Å²) in [4.78, 5) is 2.47. The number of primary sulfonamides is 1.